The summed E-state index contributed by atoms with van der Waals surface area (Å²) >= 11 is 5.79. The molecule has 0 fully saturated rings. The van der Waals surface area contributed by atoms with Gasteiger partial charge in [0, 0.05) is 16.1 Å². The van der Waals surface area contributed by atoms with E-state index in [1.54, 1.807) is 24.3 Å². The van der Waals surface area contributed by atoms with Gasteiger partial charge < -0.3 is 15.1 Å². The van der Waals surface area contributed by atoms with E-state index >= 15 is 0 Å². The number of furan rings is 1. The number of hydrogen-bond donors (Lipinski definition) is 2. The van der Waals surface area contributed by atoms with E-state index in [-0.39, 0.29) is 6.03 Å². The van der Waals surface area contributed by atoms with E-state index in [2.05, 4.69) is 10.6 Å². The zero-order chi connectivity index (χ0) is 14.7. The molecular formula is C16H13ClN2O2. The Balaban J connectivity index is 1.59. The van der Waals surface area contributed by atoms with Crippen LogP contribution >= 0.6 is 11.6 Å². The van der Waals surface area contributed by atoms with Gasteiger partial charge in [-0.05, 0) is 36.4 Å². The number of benzene rings is 2. The number of fused-ring (bicyclic) bond motifs is 1. The van der Waals surface area contributed by atoms with E-state index in [9.17, 15) is 4.79 Å². The van der Waals surface area contributed by atoms with Gasteiger partial charge in [0.05, 0.1) is 6.54 Å². The van der Waals surface area contributed by atoms with Crippen molar-refractivity contribution >= 4 is 34.3 Å². The van der Waals surface area contributed by atoms with E-state index in [1.165, 1.54) is 0 Å². The summed E-state index contributed by atoms with van der Waals surface area (Å²) in [5.41, 5.74) is 1.49. The van der Waals surface area contributed by atoms with Crippen LogP contribution in [0.1, 0.15) is 5.76 Å². The molecule has 2 aromatic carbocycles. The Bertz CT molecular complexity index is 732. The number of hydrogen-bond acceptors (Lipinski definition) is 2. The van der Waals surface area contributed by atoms with Crippen molar-refractivity contribution in [1.29, 1.82) is 0 Å². The molecule has 21 heavy (non-hydrogen) atoms. The molecule has 3 aromatic rings. The van der Waals surface area contributed by atoms with Crippen LogP contribution in [0.15, 0.2) is 59.0 Å². The smallest absolute Gasteiger partial charge is 0.319 e. The van der Waals surface area contributed by atoms with Gasteiger partial charge >= 0.3 is 6.03 Å². The summed E-state index contributed by atoms with van der Waals surface area (Å²) in [7, 11) is 0. The Hall–Kier alpha value is -2.46. The first-order valence-electron chi connectivity index (χ1n) is 6.48. The van der Waals surface area contributed by atoms with E-state index in [0.717, 1.165) is 11.0 Å². The van der Waals surface area contributed by atoms with Gasteiger partial charge in [-0.1, -0.05) is 29.8 Å². The van der Waals surface area contributed by atoms with Gasteiger partial charge in [-0.25, -0.2) is 4.79 Å². The lowest BCUT2D eigenvalue weighted by Crippen LogP contribution is -2.27. The highest BCUT2D eigenvalue weighted by Gasteiger charge is 2.05. The van der Waals surface area contributed by atoms with Crippen LogP contribution in [0.2, 0.25) is 5.02 Å². The summed E-state index contributed by atoms with van der Waals surface area (Å²) in [5.74, 6) is 0.711. The van der Waals surface area contributed by atoms with Crippen molar-refractivity contribution in [2.75, 3.05) is 5.32 Å². The number of nitrogens with one attached hydrogen (secondary N) is 2. The van der Waals surface area contributed by atoms with E-state index in [4.69, 9.17) is 16.0 Å². The maximum Gasteiger partial charge on any atom is 0.319 e. The lowest BCUT2D eigenvalue weighted by molar-refractivity contribution is 0.251. The van der Waals surface area contributed by atoms with Gasteiger partial charge in [0.25, 0.3) is 0 Å². The molecule has 0 saturated heterocycles. The molecule has 0 atom stereocenters. The standard InChI is InChI=1S/C16H13ClN2O2/c17-12-5-7-13(8-6-12)19-16(20)18-10-14-9-11-3-1-2-4-15(11)21-14/h1-9H,10H2,(H2,18,19,20). The summed E-state index contributed by atoms with van der Waals surface area (Å²) < 4.78 is 5.62. The third kappa shape index (κ3) is 3.35. The fourth-order valence-corrected chi connectivity index (χ4v) is 2.13. The minimum absolute atomic E-state index is 0.294. The van der Waals surface area contributed by atoms with Crippen LogP contribution < -0.4 is 10.6 Å². The Kier molecular flexibility index (Phi) is 3.79. The maximum absolute atomic E-state index is 11.8. The van der Waals surface area contributed by atoms with Crippen molar-refractivity contribution in [3.63, 3.8) is 0 Å². The summed E-state index contributed by atoms with van der Waals surface area (Å²) in [5, 5.41) is 7.12. The van der Waals surface area contributed by atoms with Crippen molar-refractivity contribution in [2.24, 2.45) is 0 Å². The van der Waals surface area contributed by atoms with E-state index in [1.807, 2.05) is 30.3 Å². The van der Waals surface area contributed by atoms with Crippen molar-refractivity contribution in [2.45, 2.75) is 6.54 Å². The number of carbonyl (C=O) groups excluding carboxylic acids is 1. The second-order valence-corrected chi connectivity index (χ2v) is 5.00. The van der Waals surface area contributed by atoms with Crippen LogP contribution in [0.25, 0.3) is 11.0 Å². The molecule has 2 amide bonds. The highest BCUT2D eigenvalue weighted by atomic mass is 35.5. The zero-order valence-corrected chi connectivity index (χ0v) is 11.9. The predicted molar refractivity (Wildman–Crippen MR) is 83.5 cm³/mol. The lowest BCUT2D eigenvalue weighted by atomic mass is 10.2. The van der Waals surface area contributed by atoms with Crippen molar-refractivity contribution in [3.05, 3.63) is 65.4 Å². The molecule has 0 bridgehead atoms. The first kappa shape index (κ1) is 13.5. The van der Waals surface area contributed by atoms with Crippen molar-refractivity contribution < 1.29 is 9.21 Å². The topological polar surface area (TPSA) is 54.3 Å². The fourth-order valence-electron chi connectivity index (χ4n) is 2.00. The molecule has 0 aliphatic carbocycles. The van der Waals surface area contributed by atoms with Crippen LogP contribution in [0.3, 0.4) is 0 Å². The Morgan fingerprint density at radius 3 is 2.62 bits per heavy atom. The van der Waals surface area contributed by atoms with Gasteiger partial charge in [-0.15, -0.1) is 0 Å². The molecule has 106 valence electrons. The molecule has 2 N–H and O–H groups in total. The Morgan fingerprint density at radius 1 is 1.10 bits per heavy atom. The molecule has 0 aliphatic rings. The number of amides is 2. The highest BCUT2D eigenvalue weighted by Crippen LogP contribution is 2.18. The Morgan fingerprint density at radius 2 is 1.86 bits per heavy atom. The third-order valence-corrected chi connectivity index (χ3v) is 3.25. The number of para-hydroxylation sites is 1. The van der Waals surface area contributed by atoms with Crippen LogP contribution in [-0.2, 0) is 6.54 Å². The zero-order valence-electron chi connectivity index (χ0n) is 11.1. The van der Waals surface area contributed by atoms with Crippen LogP contribution in [0.4, 0.5) is 10.5 Å². The van der Waals surface area contributed by atoms with E-state index < -0.39 is 0 Å². The molecule has 0 radical (unpaired) electrons. The minimum Gasteiger partial charge on any atom is -0.459 e. The average molecular weight is 301 g/mol. The Labute approximate surface area is 126 Å². The highest BCUT2D eigenvalue weighted by molar-refractivity contribution is 6.30. The number of halogens is 1. The minimum atomic E-state index is -0.294. The summed E-state index contributed by atoms with van der Waals surface area (Å²) in [6, 6.07) is 16.3. The number of carbonyl (C=O) groups is 1. The molecule has 0 aliphatic heterocycles. The maximum atomic E-state index is 11.8. The van der Waals surface area contributed by atoms with Crippen molar-refractivity contribution in [3.8, 4) is 0 Å². The van der Waals surface area contributed by atoms with Gasteiger partial charge in [-0.2, -0.15) is 0 Å². The fraction of sp³-hybridized carbons (Fsp3) is 0.0625. The monoisotopic (exact) mass is 300 g/mol. The summed E-state index contributed by atoms with van der Waals surface area (Å²) in [6.07, 6.45) is 0. The molecule has 0 unspecified atom stereocenters. The number of urea groups is 1. The molecular weight excluding hydrogens is 288 g/mol. The van der Waals surface area contributed by atoms with Gasteiger partial charge in [0.15, 0.2) is 0 Å². The second kappa shape index (κ2) is 5.89. The predicted octanol–water partition coefficient (Wildman–Crippen LogP) is 4.41. The molecule has 1 heterocycles. The second-order valence-electron chi connectivity index (χ2n) is 4.57. The molecule has 4 nitrogen and oxygen atoms in total. The number of anilines is 1. The SMILES string of the molecule is O=C(NCc1cc2ccccc2o1)Nc1ccc(Cl)cc1. The summed E-state index contributed by atoms with van der Waals surface area (Å²) in [6.45, 7) is 0.327. The molecule has 3 rings (SSSR count). The first-order chi connectivity index (χ1) is 10.2. The molecule has 5 heteroatoms. The van der Waals surface area contributed by atoms with Crippen LogP contribution in [0, 0.1) is 0 Å². The average Bonchev–Trinajstić information content (AvgIpc) is 2.90. The van der Waals surface area contributed by atoms with Crippen LogP contribution in [-0.4, -0.2) is 6.03 Å². The molecule has 1 aromatic heterocycles. The third-order valence-electron chi connectivity index (χ3n) is 3.00. The van der Waals surface area contributed by atoms with Crippen molar-refractivity contribution in [1.82, 2.24) is 5.32 Å². The van der Waals surface area contributed by atoms with Gasteiger partial charge in [0.1, 0.15) is 11.3 Å². The quantitative estimate of drug-likeness (QED) is 0.753. The van der Waals surface area contributed by atoms with E-state index in [0.29, 0.717) is 23.0 Å². The largest absolute Gasteiger partial charge is 0.459 e. The number of rotatable bonds is 3. The lowest BCUT2D eigenvalue weighted by Gasteiger charge is -2.06. The molecule has 0 saturated carbocycles. The summed E-state index contributed by atoms with van der Waals surface area (Å²) in [4.78, 5) is 11.8. The van der Waals surface area contributed by atoms with Gasteiger partial charge in [0.2, 0.25) is 0 Å². The first-order valence-corrected chi connectivity index (χ1v) is 6.86. The molecule has 0 spiro atoms. The van der Waals surface area contributed by atoms with Crippen LogP contribution in [0.5, 0.6) is 0 Å². The normalized spacial score (nSPS) is 10.5. The van der Waals surface area contributed by atoms with Gasteiger partial charge in [-0.3, -0.25) is 0 Å².